The van der Waals surface area contributed by atoms with Crippen molar-refractivity contribution in [1.29, 1.82) is 0 Å². The van der Waals surface area contributed by atoms with E-state index in [0.717, 1.165) is 49.3 Å². The van der Waals surface area contributed by atoms with Gasteiger partial charge < -0.3 is 15.7 Å². The minimum atomic E-state index is 0.299. The molecule has 5 heteroatoms. The predicted molar refractivity (Wildman–Crippen MR) is 78.9 cm³/mol. The minimum Gasteiger partial charge on any atom is -0.508 e. The lowest BCUT2D eigenvalue weighted by atomic mass is 10.0. The molecule has 1 aromatic heterocycles. The van der Waals surface area contributed by atoms with Gasteiger partial charge in [0.25, 0.3) is 0 Å². The smallest absolute Gasteiger partial charge is 0.115 e. The first kappa shape index (κ1) is 13.0. The number of nitrogens with zero attached hydrogens (tertiary/aromatic N) is 2. The lowest BCUT2D eigenvalue weighted by molar-refractivity contribution is 0.474. The highest BCUT2D eigenvalue weighted by Crippen LogP contribution is 2.25. The van der Waals surface area contributed by atoms with Crippen LogP contribution in [-0.2, 0) is 6.42 Å². The molecule has 0 amide bonds. The van der Waals surface area contributed by atoms with E-state index in [2.05, 4.69) is 15.1 Å². The van der Waals surface area contributed by atoms with E-state index in [-0.39, 0.29) is 0 Å². The summed E-state index contributed by atoms with van der Waals surface area (Å²) < 4.78 is 0. The number of rotatable bonds is 3. The highest BCUT2D eigenvalue weighted by atomic mass is 16.3. The van der Waals surface area contributed by atoms with E-state index in [4.69, 9.17) is 5.73 Å². The first-order valence-corrected chi connectivity index (χ1v) is 7.03. The van der Waals surface area contributed by atoms with Gasteiger partial charge in [-0.05, 0) is 30.5 Å². The van der Waals surface area contributed by atoms with Crippen LogP contribution in [0.2, 0.25) is 0 Å². The number of hydrogen-bond donors (Lipinski definition) is 3. The molecule has 1 aromatic carbocycles. The van der Waals surface area contributed by atoms with E-state index >= 15 is 0 Å². The van der Waals surface area contributed by atoms with E-state index in [1.165, 1.54) is 0 Å². The number of H-pyrrole nitrogens is 1. The Morgan fingerprint density at radius 3 is 2.90 bits per heavy atom. The van der Waals surface area contributed by atoms with Crippen molar-refractivity contribution in [2.45, 2.75) is 25.3 Å². The quantitative estimate of drug-likeness (QED) is 0.793. The van der Waals surface area contributed by atoms with Crippen molar-refractivity contribution in [2.24, 2.45) is 5.73 Å². The summed E-state index contributed by atoms with van der Waals surface area (Å²) in [5, 5.41) is 16.8. The molecule has 20 heavy (non-hydrogen) atoms. The van der Waals surface area contributed by atoms with Crippen LogP contribution in [0, 0.1) is 0 Å². The van der Waals surface area contributed by atoms with Gasteiger partial charge in [0.05, 0.1) is 17.6 Å². The Balaban J connectivity index is 1.76. The van der Waals surface area contributed by atoms with Crippen molar-refractivity contribution < 1.29 is 5.11 Å². The van der Waals surface area contributed by atoms with Crippen LogP contribution in [0.3, 0.4) is 0 Å². The Bertz CT molecular complexity index is 573. The molecule has 0 radical (unpaired) electrons. The molecule has 0 unspecified atom stereocenters. The highest BCUT2D eigenvalue weighted by molar-refractivity contribution is 5.51. The molecule has 0 saturated carbocycles. The first-order valence-electron chi connectivity index (χ1n) is 7.03. The Kier molecular flexibility index (Phi) is 3.60. The maximum absolute atomic E-state index is 9.54. The summed E-state index contributed by atoms with van der Waals surface area (Å²) in [5.74, 6) is 0.299. The molecule has 2 heterocycles. The van der Waals surface area contributed by atoms with Crippen LogP contribution < -0.4 is 10.6 Å². The Labute approximate surface area is 118 Å². The van der Waals surface area contributed by atoms with Crippen LogP contribution in [0.4, 0.5) is 5.69 Å². The number of aromatic amines is 1. The number of phenols is 1. The molecule has 1 aliphatic rings. The zero-order valence-corrected chi connectivity index (χ0v) is 11.4. The van der Waals surface area contributed by atoms with Gasteiger partial charge in [-0.25, -0.2) is 0 Å². The highest BCUT2D eigenvalue weighted by Gasteiger charge is 2.19. The summed E-state index contributed by atoms with van der Waals surface area (Å²) in [6.45, 7) is 1.96. The molecule has 106 valence electrons. The van der Waals surface area contributed by atoms with Gasteiger partial charge in [-0.15, -0.1) is 0 Å². The molecule has 5 nitrogen and oxygen atoms in total. The fourth-order valence-corrected chi connectivity index (χ4v) is 2.72. The number of piperidine rings is 1. The van der Waals surface area contributed by atoms with Crippen molar-refractivity contribution in [2.75, 3.05) is 18.0 Å². The topological polar surface area (TPSA) is 78.2 Å². The van der Waals surface area contributed by atoms with E-state index in [9.17, 15) is 5.11 Å². The number of nitrogens with two attached hydrogens (primary N) is 1. The number of aromatic hydroxyl groups is 1. The van der Waals surface area contributed by atoms with Crippen LogP contribution >= 0.6 is 0 Å². The Hall–Kier alpha value is -2.01. The summed E-state index contributed by atoms with van der Waals surface area (Å²) in [6, 6.07) is 7.67. The van der Waals surface area contributed by atoms with Crippen molar-refractivity contribution >= 4 is 5.69 Å². The van der Waals surface area contributed by atoms with Gasteiger partial charge in [0.2, 0.25) is 0 Å². The SMILES string of the molecule is NC1CCN(c2cn[nH]c2Cc2cccc(O)c2)CC1. The van der Waals surface area contributed by atoms with E-state index in [1.807, 2.05) is 18.3 Å². The lowest BCUT2D eigenvalue weighted by Crippen LogP contribution is -2.39. The van der Waals surface area contributed by atoms with Crippen molar-refractivity contribution in [3.8, 4) is 5.75 Å². The van der Waals surface area contributed by atoms with Crippen molar-refractivity contribution in [3.63, 3.8) is 0 Å². The molecule has 1 fully saturated rings. The second-order valence-corrected chi connectivity index (χ2v) is 5.40. The molecule has 1 aliphatic heterocycles. The van der Waals surface area contributed by atoms with Crippen molar-refractivity contribution in [3.05, 3.63) is 41.7 Å². The molecule has 0 atom stereocenters. The molecule has 2 aromatic rings. The van der Waals surface area contributed by atoms with Gasteiger partial charge in [0.1, 0.15) is 5.75 Å². The third-order valence-corrected chi connectivity index (χ3v) is 3.87. The van der Waals surface area contributed by atoms with Crippen LogP contribution in [0.1, 0.15) is 24.1 Å². The van der Waals surface area contributed by atoms with Crippen LogP contribution in [0.25, 0.3) is 0 Å². The predicted octanol–water partition coefficient (Wildman–Crippen LogP) is 1.63. The number of benzene rings is 1. The van der Waals surface area contributed by atoms with Gasteiger partial charge in [-0.1, -0.05) is 12.1 Å². The average molecular weight is 272 g/mol. The third-order valence-electron chi connectivity index (χ3n) is 3.87. The van der Waals surface area contributed by atoms with Crippen LogP contribution in [-0.4, -0.2) is 34.4 Å². The van der Waals surface area contributed by atoms with Gasteiger partial charge in [-0.3, -0.25) is 5.10 Å². The molecule has 0 aliphatic carbocycles. The summed E-state index contributed by atoms with van der Waals surface area (Å²) in [6.07, 6.45) is 4.68. The molecule has 4 N–H and O–H groups in total. The second-order valence-electron chi connectivity index (χ2n) is 5.40. The number of hydrogen-bond acceptors (Lipinski definition) is 4. The zero-order valence-electron chi connectivity index (χ0n) is 11.4. The van der Waals surface area contributed by atoms with Crippen LogP contribution in [0.15, 0.2) is 30.5 Å². The van der Waals surface area contributed by atoms with Gasteiger partial charge in [0, 0.05) is 25.6 Å². The normalized spacial score (nSPS) is 16.6. The number of phenolic OH excluding ortho intramolecular Hbond substituents is 1. The fraction of sp³-hybridized carbons (Fsp3) is 0.400. The van der Waals surface area contributed by atoms with Gasteiger partial charge >= 0.3 is 0 Å². The third kappa shape index (κ3) is 2.77. The zero-order chi connectivity index (χ0) is 13.9. The summed E-state index contributed by atoms with van der Waals surface area (Å²) in [5.41, 5.74) is 9.27. The molecular weight excluding hydrogens is 252 g/mol. The monoisotopic (exact) mass is 272 g/mol. The fourth-order valence-electron chi connectivity index (χ4n) is 2.72. The average Bonchev–Trinajstić information content (AvgIpc) is 2.88. The van der Waals surface area contributed by atoms with Gasteiger partial charge in [0.15, 0.2) is 0 Å². The molecule has 0 bridgehead atoms. The molecule has 3 rings (SSSR count). The van der Waals surface area contributed by atoms with E-state index in [0.29, 0.717) is 11.8 Å². The van der Waals surface area contributed by atoms with E-state index in [1.54, 1.807) is 12.1 Å². The Morgan fingerprint density at radius 1 is 1.35 bits per heavy atom. The number of nitrogens with one attached hydrogen (secondary N) is 1. The standard InChI is InChI=1S/C15H20N4O/c16-12-4-6-19(7-5-12)15-10-17-18-14(15)9-11-2-1-3-13(20)8-11/h1-3,8,10,12,20H,4-7,9,16H2,(H,17,18). The molecular formula is C15H20N4O. The largest absolute Gasteiger partial charge is 0.508 e. The lowest BCUT2D eigenvalue weighted by Gasteiger charge is -2.31. The first-order chi connectivity index (χ1) is 9.72. The summed E-state index contributed by atoms with van der Waals surface area (Å²) >= 11 is 0. The number of aromatic nitrogens is 2. The van der Waals surface area contributed by atoms with E-state index < -0.39 is 0 Å². The minimum absolute atomic E-state index is 0.299. The van der Waals surface area contributed by atoms with Crippen LogP contribution in [0.5, 0.6) is 5.75 Å². The van der Waals surface area contributed by atoms with Crippen molar-refractivity contribution in [1.82, 2.24) is 10.2 Å². The maximum atomic E-state index is 9.54. The Morgan fingerprint density at radius 2 is 2.15 bits per heavy atom. The number of anilines is 1. The summed E-state index contributed by atoms with van der Waals surface area (Å²) in [7, 11) is 0. The molecule has 0 spiro atoms. The summed E-state index contributed by atoms with van der Waals surface area (Å²) in [4.78, 5) is 2.34. The second kappa shape index (κ2) is 5.54. The maximum Gasteiger partial charge on any atom is 0.115 e. The molecule has 1 saturated heterocycles. The van der Waals surface area contributed by atoms with Gasteiger partial charge in [-0.2, -0.15) is 5.10 Å².